The molecule has 1 saturated heterocycles. The van der Waals surface area contributed by atoms with E-state index >= 15 is 0 Å². The highest BCUT2D eigenvalue weighted by molar-refractivity contribution is 7.44. The third-order valence-electron chi connectivity index (χ3n) is 5.42. The minimum absolute atomic E-state index is 0.125. The molecule has 1 amide bonds. The number of methoxy groups -OCH3 is 1. The van der Waals surface area contributed by atoms with Gasteiger partial charge in [0.1, 0.15) is 19.6 Å². The van der Waals surface area contributed by atoms with Crippen LogP contribution < -0.4 is 5.32 Å². The Labute approximate surface area is 210 Å². The van der Waals surface area contributed by atoms with Gasteiger partial charge in [0.05, 0.1) is 45.0 Å². The maximum Gasteiger partial charge on any atom is 0.259 e. The molecule has 0 radical (unpaired) electrons. The van der Waals surface area contributed by atoms with Crippen molar-refractivity contribution in [3.8, 4) is 6.07 Å². The molecule has 35 heavy (non-hydrogen) atoms. The van der Waals surface area contributed by atoms with Crippen molar-refractivity contribution in [3.63, 3.8) is 0 Å². The predicted octanol–water partition coefficient (Wildman–Crippen LogP) is 2.69. The Hall–Kier alpha value is -1.35. The lowest BCUT2D eigenvalue weighted by molar-refractivity contribution is -0.135. The van der Waals surface area contributed by atoms with Gasteiger partial charge in [-0.15, -0.1) is 0 Å². The van der Waals surface area contributed by atoms with E-state index in [1.54, 1.807) is 20.2 Å². The van der Waals surface area contributed by atoms with Crippen LogP contribution in [0.1, 0.15) is 47.5 Å². The summed E-state index contributed by atoms with van der Waals surface area (Å²) < 4.78 is 37.6. The first-order valence-corrected chi connectivity index (χ1v) is 13.2. The number of hydrogen-bond acceptors (Lipinski definition) is 10. The van der Waals surface area contributed by atoms with Crippen LogP contribution in [-0.4, -0.2) is 93.0 Å². The number of carbonyl (C=O) groups excluding carboxylic acids is 1. The third kappa shape index (κ3) is 9.56. The third-order valence-corrected chi connectivity index (χ3v) is 7.49. The Kier molecular flexibility index (Phi) is 13.4. The number of rotatable bonds is 14. The summed E-state index contributed by atoms with van der Waals surface area (Å²) in [6.07, 6.45) is 1.70. The summed E-state index contributed by atoms with van der Waals surface area (Å²) >= 11 is 0. The molecule has 0 saturated carbocycles. The molecule has 2 heterocycles. The smallest absolute Gasteiger partial charge is 0.259 e. The largest absolute Gasteiger partial charge is 0.382 e. The second kappa shape index (κ2) is 15.7. The van der Waals surface area contributed by atoms with E-state index in [2.05, 4.69) is 43.8 Å². The molecule has 0 spiro atoms. The zero-order valence-electron chi connectivity index (χ0n) is 21.8. The molecule has 1 N–H and O–H groups in total. The summed E-state index contributed by atoms with van der Waals surface area (Å²) in [5.74, 6) is -0.188. The van der Waals surface area contributed by atoms with E-state index in [0.717, 1.165) is 0 Å². The van der Waals surface area contributed by atoms with Gasteiger partial charge in [-0.1, -0.05) is 0 Å². The molecular weight excluding hydrogens is 475 g/mol. The molecule has 2 rings (SSSR count). The lowest BCUT2D eigenvalue weighted by atomic mass is 10.2. The van der Waals surface area contributed by atoms with Crippen molar-refractivity contribution in [1.29, 1.82) is 5.26 Å². The van der Waals surface area contributed by atoms with Gasteiger partial charge in [0.25, 0.3) is 8.53 Å². The van der Waals surface area contributed by atoms with Gasteiger partial charge in [-0.25, -0.2) is 4.67 Å². The normalized spacial score (nSPS) is 25.8. The highest BCUT2D eigenvalue weighted by Crippen LogP contribution is 2.46. The van der Waals surface area contributed by atoms with Crippen molar-refractivity contribution < 1.29 is 32.8 Å². The van der Waals surface area contributed by atoms with Crippen molar-refractivity contribution >= 4 is 14.4 Å². The minimum atomic E-state index is -1.37. The standard InChI is InChI=1S/C23H41N4O7P/c1-17(2)27(18(3)4)35(32-9-7-8-24)33-14-20-12-21(31-11-10-29-6)23(34-20)26-13-19(5)22(28)25-15-30-16-26/h13,17-18,20-21,23H,7,9-12,14-16H2,1-6H3,(H,25,28)/b19-13-/t20-,21+,23+,35?/m0/s1. The van der Waals surface area contributed by atoms with Crippen molar-refractivity contribution in [1.82, 2.24) is 14.9 Å². The number of amides is 1. The van der Waals surface area contributed by atoms with Crippen LogP contribution in [-0.2, 0) is 32.8 Å². The van der Waals surface area contributed by atoms with Crippen molar-refractivity contribution in [2.45, 2.75) is 78.0 Å². The van der Waals surface area contributed by atoms with Crippen LogP contribution in [0.2, 0.25) is 0 Å². The number of nitrogens with one attached hydrogen (secondary N) is 1. The predicted molar refractivity (Wildman–Crippen MR) is 131 cm³/mol. The first-order chi connectivity index (χ1) is 16.8. The molecule has 2 aliphatic rings. The fourth-order valence-electron chi connectivity index (χ4n) is 3.91. The molecule has 1 unspecified atom stereocenters. The summed E-state index contributed by atoms with van der Waals surface area (Å²) in [6, 6.07) is 2.54. The second-order valence-electron chi connectivity index (χ2n) is 8.94. The summed E-state index contributed by atoms with van der Waals surface area (Å²) in [6.45, 7) is 12.0. The maximum atomic E-state index is 12.1. The van der Waals surface area contributed by atoms with Crippen LogP contribution in [0, 0.1) is 11.3 Å². The Morgan fingerprint density at radius 2 is 2.00 bits per heavy atom. The highest BCUT2D eigenvalue weighted by atomic mass is 31.2. The van der Waals surface area contributed by atoms with Gasteiger partial charge in [-0.3, -0.25) is 4.79 Å². The molecular formula is C23H41N4O7P. The molecule has 11 nitrogen and oxygen atoms in total. The van der Waals surface area contributed by atoms with E-state index in [1.807, 2.05) is 4.90 Å². The van der Waals surface area contributed by atoms with Crippen molar-refractivity contribution in [3.05, 3.63) is 11.8 Å². The van der Waals surface area contributed by atoms with Crippen LogP contribution in [0.25, 0.3) is 0 Å². The summed E-state index contributed by atoms with van der Waals surface area (Å²) in [5, 5.41) is 11.6. The number of nitrogens with zero attached hydrogens (tertiary/aromatic N) is 3. The van der Waals surface area contributed by atoms with Crippen LogP contribution in [0.5, 0.6) is 0 Å². The zero-order valence-corrected chi connectivity index (χ0v) is 22.7. The lowest BCUT2D eigenvalue weighted by Gasteiger charge is -2.36. The fraction of sp³-hybridized carbons (Fsp3) is 0.826. The molecule has 1 fully saturated rings. The average Bonchev–Trinajstić information content (AvgIpc) is 3.20. The van der Waals surface area contributed by atoms with Crippen molar-refractivity contribution in [2.24, 2.45) is 0 Å². The SMILES string of the molecule is COCCO[C@@H]1C[C@@H](COP(OCCC#N)N(C(C)C)C(C)C)O[C@H]1N1/C=C(/C)C(=O)NCOC1. The van der Waals surface area contributed by atoms with Gasteiger partial charge in [0, 0.05) is 37.4 Å². The van der Waals surface area contributed by atoms with Crippen LogP contribution in [0.15, 0.2) is 11.8 Å². The number of nitriles is 1. The molecule has 200 valence electrons. The van der Waals surface area contributed by atoms with E-state index < -0.39 is 14.8 Å². The Morgan fingerprint density at radius 1 is 1.26 bits per heavy atom. The molecule has 2 aliphatic heterocycles. The van der Waals surface area contributed by atoms with Crippen LogP contribution >= 0.6 is 8.53 Å². The number of hydrogen-bond donors (Lipinski definition) is 1. The summed E-state index contributed by atoms with van der Waals surface area (Å²) in [4.78, 5) is 14.0. The summed E-state index contributed by atoms with van der Waals surface area (Å²) in [7, 11) is 0.258. The monoisotopic (exact) mass is 516 g/mol. The maximum absolute atomic E-state index is 12.1. The molecule has 0 bridgehead atoms. The molecule has 0 aromatic carbocycles. The number of ether oxygens (including phenoxy) is 4. The summed E-state index contributed by atoms with van der Waals surface area (Å²) in [5.41, 5.74) is 0.561. The molecule has 4 atom stereocenters. The topological polar surface area (TPSA) is 115 Å². The Balaban J connectivity index is 2.11. The Morgan fingerprint density at radius 3 is 2.66 bits per heavy atom. The molecule has 0 aromatic rings. The van der Waals surface area contributed by atoms with Gasteiger partial charge in [0.15, 0.2) is 6.23 Å². The van der Waals surface area contributed by atoms with Gasteiger partial charge in [-0.2, -0.15) is 5.26 Å². The van der Waals surface area contributed by atoms with Gasteiger partial charge in [-0.05, 0) is 34.6 Å². The molecule has 0 aliphatic carbocycles. The first kappa shape index (κ1) is 29.9. The van der Waals surface area contributed by atoms with Gasteiger partial charge in [0.2, 0.25) is 5.91 Å². The molecule has 12 heteroatoms. The van der Waals surface area contributed by atoms with Crippen LogP contribution in [0.4, 0.5) is 0 Å². The van der Waals surface area contributed by atoms with E-state index in [1.165, 1.54) is 0 Å². The first-order valence-electron chi connectivity index (χ1n) is 12.1. The number of carbonyl (C=O) groups is 1. The minimum Gasteiger partial charge on any atom is -0.382 e. The van der Waals surface area contributed by atoms with Gasteiger partial charge < -0.3 is 38.2 Å². The van der Waals surface area contributed by atoms with Gasteiger partial charge >= 0.3 is 0 Å². The average molecular weight is 517 g/mol. The lowest BCUT2D eigenvalue weighted by Crippen LogP contribution is -2.44. The van der Waals surface area contributed by atoms with E-state index in [0.29, 0.717) is 44.8 Å². The van der Waals surface area contributed by atoms with E-state index in [9.17, 15) is 4.79 Å². The quantitative estimate of drug-likeness (QED) is 0.273. The molecule has 0 aromatic heterocycles. The zero-order chi connectivity index (χ0) is 25.8. The van der Waals surface area contributed by atoms with E-state index in [4.69, 9.17) is 33.3 Å². The van der Waals surface area contributed by atoms with Crippen LogP contribution in [0.3, 0.4) is 0 Å². The van der Waals surface area contributed by atoms with Crippen molar-refractivity contribution in [2.75, 3.05) is 47.0 Å². The highest BCUT2D eigenvalue weighted by Gasteiger charge is 2.40. The second-order valence-corrected chi connectivity index (χ2v) is 10.4. The Bertz CT molecular complexity index is 710. The fourth-order valence-corrected chi connectivity index (χ4v) is 5.54. The van der Waals surface area contributed by atoms with E-state index in [-0.39, 0.29) is 43.7 Å².